The van der Waals surface area contributed by atoms with E-state index in [4.69, 9.17) is 0 Å². The molecule has 1 saturated carbocycles. The highest BCUT2D eigenvalue weighted by molar-refractivity contribution is 5.82. The molecule has 0 saturated heterocycles. The van der Waals surface area contributed by atoms with Gasteiger partial charge in [-0.15, -0.1) is 0 Å². The fourth-order valence-corrected chi connectivity index (χ4v) is 2.30. The Balaban J connectivity index is 2.78. The normalized spacial score (nSPS) is 29.3. The summed E-state index contributed by atoms with van der Waals surface area (Å²) >= 11 is 0. The van der Waals surface area contributed by atoms with Gasteiger partial charge in [-0.2, -0.15) is 0 Å². The SMILES string of the molecule is CC(C)(C)C1CCC(=O)C(C(C)(F)F)C1. The standard InChI is InChI=1S/C12H20F2O/c1-11(2,3)8-5-6-10(15)9(7-8)12(4,13)14/h8-9H,5-7H2,1-4H3. The number of carbonyl (C=O) groups excluding carboxylic acids is 1. The van der Waals surface area contributed by atoms with Gasteiger partial charge in [0.1, 0.15) is 5.78 Å². The van der Waals surface area contributed by atoms with Gasteiger partial charge < -0.3 is 0 Å². The van der Waals surface area contributed by atoms with Crippen molar-refractivity contribution in [2.45, 2.75) is 52.9 Å². The number of hydrogen-bond acceptors (Lipinski definition) is 1. The molecule has 0 spiro atoms. The van der Waals surface area contributed by atoms with Crippen LogP contribution in [0.2, 0.25) is 0 Å². The molecule has 0 amide bonds. The van der Waals surface area contributed by atoms with E-state index in [1.807, 2.05) is 0 Å². The number of halogens is 2. The minimum absolute atomic E-state index is 0.0181. The summed E-state index contributed by atoms with van der Waals surface area (Å²) in [6.45, 7) is 7.02. The first kappa shape index (κ1) is 12.6. The molecule has 0 aromatic carbocycles. The van der Waals surface area contributed by atoms with Crippen LogP contribution >= 0.6 is 0 Å². The monoisotopic (exact) mass is 218 g/mol. The molecule has 0 aromatic rings. The molecule has 0 N–H and O–H groups in total. The van der Waals surface area contributed by atoms with E-state index in [-0.39, 0.29) is 17.1 Å². The van der Waals surface area contributed by atoms with E-state index in [0.29, 0.717) is 12.8 Å². The van der Waals surface area contributed by atoms with Gasteiger partial charge in [-0.1, -0.05) is 20.8 Å². The van der Waals surface area contributed by atoms with Crippen LogP contribution in [0.3, 0.4) is 0 Å². The van der Waals surface area contributed by atoms with Crippen molar-refractivity contribution < 1.29 is 13.6 Å². The van der Waals surface area contributed by atoms with Gasteiger partial charge in [0, 0.05) is 13.3 Å². The second-order valence-electron chi connectivity index (χ2n) is 5.81. The summed E-state index contributed by atoms with van der Waals surface area (Å²) < 4.78 is 26.4. The molecule has 0 radical (unpaired) electrons. The van der Waals surface area contributed by atoms with Gasteiger partial charge in [0.25, 0.3) is 5.92 Å². The first-order valence-corrected chi connectivity index (χ1v) is 5.53. The van der Waals surface area contributed by atoms with E-state index in [1.54, 1.807) is 0 Å². The zero-order valence-corrected chi connectivity index (χ0v) is 9.94. The molecule has 1 aliphatic carbocycles. The molecule has 1 nitrogen and oxygen atoms in total. The smallest absolute Gasteiger partial charge is 0.255 e. The van der Waals surface area contributed by atoms with Crippen LogP contribution in [0.4, 0.5) is 8.78 Å². The highest BCUT2D eigenvalue weighted by Crippen LogP contribution is 2.43. The summed E-state index contributed by atoms with van der Waals surface area (Å²) in [5.41, 5.74) is 0.0181. The van der Waals surface area contributed by atoms with Crippen molar-refractivity contribution in [1.82, 2.24) is 0 Å². The van der Waals surface area contributed by atoms with E-state index in [9.17, 15) is 13.6 Å². The van der Waals surface area contributed by atoms with Crippen molar-refractivity contribution in [3.8, 4) is 0 Å². The average Bonchev–Trinajstić information content (AvgIpc) is 2.00. The summed E-state index contributed by atoms with van der Waals surface area (Å²) in [7, 11) is 0. The summed E-state index contributed by atoms with van der Waals surface area (Å²) in [5, 5.41) is 0. The number of rotatable bonds is 1. The summed E-state index contributed by atoms with van der Waals surface area (Å²) in [6.07, 6.45) is 1.41. The molecular formula is C12H20F2O. The van der Waals surface area contributed by atoms with Gasteiger partial charge in [0.05, 0.1) is 5.92 Å². The van der Waals surface area contributed by atoms with Crippen molar-refractivity contribution in [1.29, 1.82) is 0 Å². The van der Waals surface area contributed by atoms with Crippen LogP contribution in [0.5, 0.6) is 0 Å². The Bertz CT molecular complexity index is 247. The molecule has 1 aliphatic rings. The first-order valence-electron chi connectivity index (χ1n) is 5.53. The number of Topliss-reactive ketones (excluding diaryl/α,β-unsaturated/α-hetero) is 1. The fraction of sp³-hybridized carbons (Fsp3) is 0.917. The quantitative estimate of drug-likeness (QED) is 0.656. The summed E-state index contributed by atoms with van der Waals surface area (Å²) in [5.74, 6) is -3.95. The third-order valence-corrected chi connectivity index (χ3v) is 3.48. The Morgan fingerprint density at radius 1 is 1.20 bits per heavy atom. The first-order chi connectivity index (χ1) is 6.62. The van der Waals surface area contributed by atoms with E-state index >= 15 is 0 Å². The van der Waals surface area contributed by atoms with Crippen LogP contribution in [0.15, 0.2) is 0 Å². The molecular weight excluding hydrogens is 198 g/mol. The molecule has 88 valence electrons. The summed E-state index contributed by atoms with van der Waals surface area (Å²) in [6, 6.07) is 0. The lowest BCUT2D eigenvalue weighted by Crippen LogP contribution is -2.40. The second kappa shape index (κ2) is 3.84. The maximum absolute atomic E-state index is 13.2. The Hall–Kier alpha value is -0.470. The van der Waals surface area contributed by atoms with Gasteiger partial charge in [0.15, 0.2) is 0 Å². The Morgan fingerprint density at radius 3 is 2.13 bits per heavy atom. The molecule has 2 atom stereocenters. The molecule has 1 fully saturated rings. The number of ketones is 1. The van der Waals surface area contributed by atoms with Gasteiger partial charge in [-0.25, -0.2) is 8.78 Å². The van der Waals surface area contributed by atoms with Gasteiger partial charge in [0.2, 0.25) is 0 Å². The van der Waals surface area contributed by atoms with E-state index in [0.717, 1.165) is 13.3 Å². The highest BCUT2D eigenvalue weighted by atomic mass is 19.3. The molecule has 0 heterocycles. The van der Waals surface area contributed by atoms with Crippen molar-refractivity contribution >= 4 is 5.78 Å². The minimum atomic E-state index is -2.86. The molecule has 0 aliphatic heterocycles. The lowest BCUT2D eigenvalue weighted by Gasteiger charge is -2.38. The predicted molar refractivity (Wildman–Crippen MR) is 55.9 cm³/mol. The molecule has 0 bridgehead atoms. The zero-order valence-electron chi connectivity index (χ0n) is 9.94. The van der Waals surface area contributed by atoms with Crippen LogP contribution in [-0.4, -0.2) is 11.7 Å². The second-order valence-corrected chi connectivity index (χ2v) is 5.81. The predicted octanol–water partition coefficient (Wildman–Crippen LogP) is 3.67. The maximum atomic E-state index is 13.2. The van der Waals surface area contributed by atoms with Crippen molar-refractivity contribution in [2.75, 3.05) is 0 Å². The lowest BCUT2D eigenvalue weighted by molar-refractivity contribution is -0.142. The number of alkyl halides is 2. The molecule has 2 unspecified atom stereocenters. The molecule has 1 rings (SSSR count). The molecule has 15 heavy (non-hydrogen) atoms. The van der Waals surface area contributed by atoms with Crippen LogP contribution in [-0.2, 0) is 4.79 Å². The van der Waals surface area contributed by atoms with Crippen LogP contribution in [0.25, 0.3) is 0 Å². The van der Waals surface area contributed by atoms with Gasteiger partial charge >= 0.3 is 0 Å². The fourth-order valence-electron chi connectivity index (χ4n) is 2.30. The topological polar surface area (TPSA) is 17.1 Å². The van der Waals surface area contributed by atoms with Crippen molar-refractivity contribution in [3.05, 3.63) is 0 Å². The lowest BCUT2D eigenvalue weighted by atomic mass is 9.67. The Labute approximate surface area is 90.2 Å². The average molecular weight is 218 g/mol. The van der Waals surface area contributed by atoms with E-state index in [1.165, 1.54) is 0 Å². The maximum Gasteiger partial charge on any atom is 0.255 e. The van der Waals surface area contributed by atoms with Crippen LogP contribution in [0, 0.1) is 17.3 Å². The summed E-state index contributed by atoms with van der Waals surface area (Å²) in [4.78, 5) is 11.4. The zero-order chi connectivity index (χ0) is 11.9. The Morgan fingerprint density at radius 2 is 1.73 bits per heavy atom. The van der Waals surface area contributed by atoms with Crippen molar-refractivity contribution in [3.63, 3.8) is 0 Å². The van der Waals surface area contributed by atoms with Crippen LogP contribution < -0.4 is 0 Å². The van der Waals surface area contributed by atoms with Gasteiger partial charge in [-0.05, 0) is 24.2 Å². The molecule has 3 heteroatoms. The third-order valence-electron chi connectivity index (χ3n) is 3.48. The highest BCUT2D eigenvalue weighted by Gasteiger charge is 2.45. The molecule has 0 aromatic heterocycles. The Kier molecular flexibility index (Phi) is 3.22. The number of hydrogen-bond donors (Lipinski definition) is 0. The largest absolute Gasteiger partial charge is 0.299 e. The minimum Gasteiger partial charge on any atom is -0.299 e. The van der Waals surface area contributed by atoms with Crippen LogP contribution in [0.1, 0.15) is 47.0 Å². The van der Waals surface area contributed by atoms with Gasteiger partial charge in [-0.3, -0.25) is 4.79 Å². The number of carbonyl (C=O) groups is 1. The van der Waals surface area contributed by atoms with Crippen molar-refractivity contribution in [2.24, 2.45) is 17.3 Å². The van der Waals surface area contributed by atoms with E-state index in [2.05, 4.69) is 20.8 Å². The third kappa shape index (κ3) is 2.99. The van der Waals surface area contributed by atoms with E-state index < -0.39 is 11.8 Å².